The van der Waals surface area contributed by atoms with E-state index < -0.39 is 0 Å². The number of hydrogen-bond donors (Lipinski definition) is 0. The van der Waals surface area contributed by atoms with Crippen LogP contribution in [0, 0.1) is 0 Å². The van der Waals surface area contributed by atoms with Crippen molar-refractivity contribution in [1.29, 1.82) is 0 Å². The van der Waals surface area contributed by atoms with E-state index >= 15 is 0 Å². The third-order valence-corrected chi connectivity index (χ3v) is 2.14. The molecular weight excluding hydrogens is 307 g/mol. The standard InChI is InChI=1S/C12H10N2.2ClH.Cu/c13-11-7-3-1-5-9(11)10-6-2-4-8-12(10)14;;;/h1-8,13-14H;2*1H;/q-2;;;+2/p-2. The molecule has 0 aliphatic carbocycles. The topological polar surface area (TPSA) is 47.6 Å². The van der Waals surface area contributed by atoms with Gasteiger partial charge in [0.25, 0.3) is 0 Å². The van der Waals surface area contributed by atoms with Crippen LogP contribution in [0.25, 0.3) is 22.6 Å². The number of halogens is 2. The molecule has 17 heavy (non-hydrogen) atoms. The van der Waals surface area contributed by atoms with Crippen molar-refractivity contribution in [3.63, 3.8) is 0 Å². The maximum Gasteiger partial charge on any atom is -0.0348 e. The van der Waals surface area contributed by atoms with Gasteiger partial charge in [0.1, 0.15) is 0 Å². The van der Waals surface area contributed by atoms with Crippen LogP contribution in [0.15, 0.2) is 48.5 Å². The SMILES string of the molecule is [Cl][Cu][Cl].[NH-]c1ccccc1-c1ccccc1[NH-]. The van der Waals surface area contributed by atoms with E-state index in [1.54, 1.807) is 12.1 Å². The molecule has 2 nitrogen and oxygen atoms in total. The van der Waals surface area contributed by atoms with Crippen LogP contribution < -0.4 is 0 Å². The molecule has 0 amide bonds. The Kier molecular flexibility index (Phi) is 6.23. The molecule has 0 saturated heterocycles. The first-order chi connectivity index (χ1) is 8.20. The van der Waals surface area contributed by atoms with Crippen LogP contribution in [-0.4, -0.2) is 0 Å². The van der Waals surface area contributed by atoms with E-state index in [0.717, 1.165) is 24.3 Å². The molecular formula is C12H10Cl2CuN2-2. The van der Waals surface area contributed by atoms with Crippen LogP contribution in [-0.2, 0) is 13.1 Å². The molecule has 0 saturated carbocycles. The fourth-order valence-electron chi connectivity index (χ4n) is 1.44. The molecule has 95 valence electrons. The summed E-state index contributed by atoms with van der Waals surface area (Å²) in [5.41, 5.74) is 18.0. The van der Waals surface area contributed by atoms with Crippen LogP contribution in [0.4, 0.5) is 11.4 Å². The van der Waals surface area contributed by atoms with E-state index in [-0.39, 0.29) is 0 Å². The average molecular weight is 317 g/mol. The third kappa shape index (κ3) is 4.14. The zero-order valence-electron chi connectivity index (χ0n) is 8.68. The molecule has 2 rings (SSSR count). The largest absolute Gasteiger partial charge is 0.698 e. The Morgan fingerprint density at radius 1 is 0.706 bits per heavy atom. The van der Waals surface area contributed by atoms with E-state index in [2.05, 4.69) is 20.2 Å². The Balaban J connectivity index is 0.000000437. The third-order valence-electron chi connectivity index (χ3n) is 2.14. The van der Waals surface area contributed by atoms with E-state index in [1.807, 2.05) is 36.4 Å². The quantitative estimate of drug-likeness (QED) is 0.571. The summed E-state index contributed by atoms with van der Waals surface area (Å²) in [6.07, 6.45) is 0. The Morgan fingerprint density at radius 2 is 1.00 bits per heavy atom. The van der Waals surface area contributed by atoms with Crippen molar-refractivity contribution in [3.8, 4) is 11.1 Å². The predicted octanol–water partition coefficient (Wildman–Crippen LogP) is 6.10. The summed E-state index contributed by atoms with van der Waals surface area (Å²) in [6.45, 7) is 0. The van der Waals surface area contributed by atoms with Crippen LogP contribution in [0.3, 0.4) is 0 Å². The summed E-state index contributed by atoms with van der Waals surface area (Å²) in [5, 5.41) is 0. The van der Waals surface area contributed by atoms with Crippen LogP contribution in [0.2, 0.25) is 0 Å². The van der Waals surface area contributed by atoms with Gasteiger partial charge in [0, 0.05) is 0 Å². The van der Waals surface area contributed by atoms with Gasteiger partial charge in [0.15, 0.2) is 0 Å². The van der Waals surface area contributed by atoms with Gasteiger partial charge in [0.05, 0.1) is 0 Å². The second-order valence-electron chi connectivity index (χ2n) is 3.13. The maximum atomic E-state index is 7.72. The van der Waals surface area contributed by atoms with Gasteiger partial charge < -0.3 is 11.5 Å². The minimum absolute atomic E-state index is 0.465. The Labute approximate surface area is 116 Å². The molecule has 0 aliphatic rings. The normalized spacial score (nSPS) is 9.53. The zero-order chi connectivity index (χ0) is 12.7. The zero-order valence-corrected chi connectivity index (χ0v) is 11.1. The van der Waals surface area contributed by atoms with Gasteiger partial charge in [0.2, 0.25) is 0 Å². The number of rotatable bonds is 1. The van der Waals surface area contributed by atoms with Gasteiger partial charge in [-0.1, -0.05) is 48.5 Å². The molecule has 0 radical (unpaired) electrons. The molecule has 0 heterocycles. The summed E-state index contributed by atoms with van der Waals surface area (Å²) >= 11 is 0.757. The summed E-state index contributed by atoms with van der Waals surface area (Å²) in [6, 6.07) is 14.7. The molecule has 5 heteroatoms. The van der Waals surface area contributed by atoms with Crippen molar-refractivity contribution in [2.24, 2.45) is 0 Å². The van der Waals surface area contributed by atoms with Crippen molar-refractivity contribution in [2.75, 3.05) is 0 Å². The molecule has 0 atom stereocenters. The monoisotopic (exact) mass is 315 g/mol. The predicted molar refractivity (Wildman–Crippen MR) is 71.5 cm³/mol. The van der Waals surface area contributed by atoms with E-state index in [9.17, 15) is 0 Å². The average Bonchev–Trinajstić information content (AvgIpc) is 2.32. The molecule has 0 spiro atoms. The first-order valence-corrected chi connectivity index (χ1v) is 7.22. The number of nitrogens with one attached hydrogen (secondary N) is 2. The Morgan fingerprint density at radius 3 is 1.29 bits per heavy atom. The Bertz CT molecular complexity index is 434. The summed E-state index contributed by atoms with van der Waals surface area (Å²) < 4.78 is 0. The van der Waals surface area contributed by atoms with Crippen LogP contribution in [0.1, 0.15) is 0 Å². The van der Waals surface area contributed by atoms with Gasteiger partial charge in [-0.3, -0.25) is 0 Å². The molecule has 0 unspecified atom stereocenters. The summed E-state index contributed by atoms with van der Waals surface area (Å²) in [7, 11) is 9.34. The van der Waals surface area contributed by atoms with Crippen LogP contribution >= 0.6 is 20.2 Å². The fourth-order valence-corrected chi connectivity index (χ4v) is 1.44. The van der Waals surface area contributed by atoms with Gasteiger partial charge in [-0.15, -0.1) is 11.4 Å². The number of benzene rings is 2. The first-order valence-electron chi connectivity index (χ1n) is 4.63. The number of hydrogen-bond acceptors (Lipinski definition) is 0. The van der Waals surface area contributed by atoms with Crippen LogP contribution in [0.5, 0.6) is 0 Å². The molecule has 2 aromatic carbocycles. The molecule has 0 bridgehead atoms. The Hall–Kier alpha value is -0.861. The minimum atomic E-state index is 0.465. The van der Waals surface area contributed by atoms with Crippen molar-refractivity contribution >= 4 is 31.6 Å². The summed E-state index contributed by atoms with van der Waals surface area (Å²) in [5.74, 6) is 0. The van der Waals surface area contributed by atoms with Gasteiger partial charge >= 0.3 is 33.3 Å². The van der Waals surface area contributed by atoms with Gasteiger partial charge in [-0.25, -0.2) is 0 Å². The van der Waals surface area contributed by atoms with Crippen molar-refractivity contribution in [2.45, 2.75) is 0 Å². The summed E-state index contributed by atoms with van der Waals surface area (Å²) in [4.78, 5) is 0. The van der Waals surface area contributed by atoms with E-state index in [4.69, 9.17) is 11.5 Å². The molecule has 2 N–H and O–H groups in total. The van der Waals surface area contributed by atoms with Gasteiger partial charge in [-0.2, -0.15) is 0 Å². The maximum absolute atomic E-state index is 7.72. The second kappa shape index (κ2) is 7.46. The fraction of sp³-hybridized carbons (Fsp3) is 0. The van der Waals surface area contributed by atoms with E-state index in [1.165, 1.54) is 0 Å². The smallest absolute Gasteiger partial charge is 0.0348 e. The second-order valence-corrected chi connectivity index (χ2v) is 4.69. The van der Waals surface area contributed by atoms with Crippen molar-refractivity contribution in [3.05, 3.63) is 60.0 Å². The van der Waals surface area contributed by atoms with Gasteiger partial charge in [-0.05, 0) is 11.1 Å². The van der Waals surface area contributed by atoms with Crippen molar-refractivity contribution < 1.29 is 13.1 Å². The molecule has 2 aromatic rings. The minimum Gasteiger partial charge on any atom is -0.698 e. The molecule has 0 aliphatic heterocycles. The molecule has 0 aromatic heterocycles. The molecule has 0 fully saturated rings. The van der Waals surface area contributed by atoms with E-state index in [0.29, 0.717) is 11.4 Å². The van der Waals surface area contributed by atoms with Crippen molar-refractivity contribution in [1.82, 2.24) is 0 Å². The first kappa shape index (κ1) is 14.2.